The maximum Gasteiger partial charge on any atom is 0.421 e. The van der Waals surface area contributed by atoms with Gasteiger partial charge >= 0.3 is 12.1 Å². The molecule has 0 aromatic rings. The lowest BCUT2D eigenvalue weighted by Gasteiger charge is -2.40. The summed E-state index contributed by atoms with van der Waals surface area (Å²) in [5.74, 6) is -1.11. The molecule has 1 rings (SSSR count). The van der Waals surface area contributed by atoms with Gasteiger partial charge < -0.3 is 20.8 Å². The molecule has 1 aliphatic rings. The van der Waals surface area contributed by atoms with Crippen LogP contribution < -0.4 is 5.73 Å². The lowest BCUT2D eigenvalue weighted by molar-refractivity contribution is -0.139. The highest BCUT2D eigenvalue weighted by Crippen LogP contribution is 2.16. The lowest BCUT2D eigenvalue weighted by Crippen LogP contribution is -2.53. The average Bonchev–Trinajstić information content (AvgIpc) is 2.38. The number of nitrogens with two attached hydrogens (primary N) is 1. The number of hydrogen-bond donors (Lipinski definition) is 3. The monoisotopic (exact) mass is 288 g/mol. The Kier molecular flexibility index (Phi) is 6.18. The molecule has 4 N–H and O–H groups in total. The second-order valence-electron chi connectivity index (χ2n) is 5.29. The van der Waals surface area contributed by atoms with Crippen LogP contribution in [0.3, 0.4) is 0 Å². The molecule has 0 saturated carbocycles. The standard InChI is InChI=1S/C12H24N4O4/c1-14(2)9-3-6-15(7-4-9)16(12(19)20)8-5-10(13)11(17)18/h9-10H,3-8,13H2,1-2H3,(H,17,18)(H,19,20). The van der Waals surface area contributed by atoms with Gasteiger partial charge in [0.15, 0.2) is 0 Å². The molecule has 116 valence electrons. The molecule has 0 bridgehead atoms. The summed E-state index contributed by atoms with van der Waals surface area (Å²) in [7, 11) is 4.03. The number of aliphatic carboxylic acids is 1. The molecule has 1 atom stereocenters. The zero-order chi connectivity index (χ0) is 15.3. The number of carbonyl (C=O) groups is 2. The van der Waals surface area contributed by atoms with Crippen molar-refractivity contribution < 1.29 is 19.8 Å². The molecule has 1 unspecified atom stereocenters. The Hall–Kier alpha value is -1.38. The average molecular weight is 288 g/mol. The van der Waals surface area contributed by atoms with E-state index in [0.29, 0.717) is 19.1 Å². The molecule has 0 radical (unpaired) electrons. The molecule has 1 saturated heterocycles. The van der Waals surface area contributed by atoms with E-state index in [1.165, 1.54) is 5.01 Å². The van der Waals surface area contributed by atoms with Crippen molar-refractivity contribution in [3.63, 3.8) is 0 Å². The quantitative estimate of drug-likeness (QED) is 0.616. The van der Waals surface area contributed by atoms with Crippen molar-refractivity contribution in [1.29, 1.82) is 0 Å². The van der Waals surface area contributed by atoms with E-state index in [1.54, 1.807) is 5.01 Å². The molecular formula is C12H24N4O4. The third-order valence-corrected chi connectivity index (χ3v) is 3.70. The van der Waals surface area contributed by atoms with Gasteiger partial charge in [-0.05, 0) is 33.4 Å². The first-order chi connectivity index (χ1) is 9.32. The van der Waals surface area contributed by atoms with Gasteiger partial charge in [0, 0.05) is 25.7 Å². The number of nitrogens with zero attached hydrogens (tertiary/aromatic N) is 3. The van der Waals surface area contributed by atoms with Gasteiger partial charge in [-0.2, -0.15) is 0 Å². The maximum absolute atomic E-state index is 11.3. The molecule has 8 nitrogen and oxygen atoms in total. The number of amides is 1. The lowest BCUT2D eigenvalue weighted by atomic mass is 10.1. The molecule has 8 heteroatoms. The molecule has 1 amide bonds. The van der Waals surface area contributed by atoms with Crippen molar-refractivity contribution in [2.75, 3.05) is 33.7 Å². The summed E-state index contributed by atoms with van der Waals surface area (Å²) in [5, 5.41) is 20.9. The smallest absolute Gasteiger partial charge is 0.421 e. The van der Waals surface area contributed by atoms with Gasteiger partial charge in [-0.1, -0.05) is 0 Å². The van der Waals surface area contributed by atoms with Crippen LogP contribution in [-0.2, 0) is 4.79 Å². The minimum absolute atomic E-state index is 0.106. The molecule has 1 heterocycles. The van der Waals surface area contributed by atoms with Crippen molar-refractivity contribution in [3.8, 4) is 0 Å². The van der Waals surface area contributed by atoms with E-state index < -0.39 is 18.1 Å². The van der Waals surface area contributed by atoms with Gasteiger partial charge in [-0.25, -0.2) is 14.8 Å². The minimum atomic E-state index is -1.11. The van der Waals surface area contributed by atoms with Crippen molar-refractivity contribution in [3.05, 3.63) is 0 Å². The predicted molar refractivity (Wildman–Crippen MR) is 73.2 cm³/mol. The van der Waals surface area contributed by atoms with Crippen LogP contribution in [0.1, 0.15) is 19.3 Å². The van der Waals surface area contributed by atoms with Gasteiger partial charge in [-0.15, -0.1) is 0 Å². The van der Waals surface area contributed by atoms with Gasteiger partial charge in [0.25, 0.3) is 0 Å². The fourth-order valence-corrected chi connectivity index (χ4v) is 2.35. The first-order valence-corrected chi connectivity index (χ1v) is 6.73. The first-order valence-electron chi connectivity index (χ1n) is 6.73. The molecule has 0 spiro atoms. The van der Waals surface area contributed by atoms with Gasteiger partial charge in [-0.3, -0.25) is 4.79 Å². The highest BCUT2D eigenvalue weighted by molar-refractivity contribution is 5.73. The Balaban J connectivity index is 2.51. The number of carboxylic acid groups (broad SMARTS) is 2. The molecule has 1 aliphatic heterocycles. The number of carboxylic acids is 1. The summed E-state index contributed by atoms with van der Waals surface area (Å²) in [6.45, 7) is 1.41. The van der Waals surface area contributed by atoms with Gasteiger partial charge in [0.1, 0.15) is 6.04 Å². The first kappa shape index (κ1) is 16.7. The summed E-state index contributed by atoms with van der Waals surface area (Å²) in [5.41, 5.74) is 5.41. The van der Waals surface area contributed by atoms with Crippen molar-refractivity contribution >= 4 is 12.1 Å². The Morgan fingerprint density at radius 3 is 2.25 bits per heavy atom. The van der Waals surface area contributed by atoms with Crippen LogP contribution in [0, 0.1) is 0 Å². The van der Waals surface area contributed by atoms with Crippen LogP contribution in [-0.4, -0.2) is 83.0 Å². The van der Waals surface area contributed by atoms with Crippen LogP contribution in [0.2, 0.25) is 0 Å². The van der Waals surface area contributed by atoms with Crippen molar-refractivity contribution in [2.24, 2.45) is 5.73 Å². The Morgan fingerprint density at radius 2 is 1.85 bits per heavy atom. The molecule has 0 aromatic carbocycles. The van der Waals surface area contributed by atoms with Crippen LogP contribution >= 0.6 is 0 Å². The fourth-order valence-electron chi connectivity index (χ4n) is 2.35. The third-order valence-electron chi connectivity index (χ3n) is 3.70. The summed E-state index contributed by atoms with van der Waals surface area (Å²) in [6.07, 6.45) is 0.824. The third kappa shape index (κ3) is 4.62. The van der Waals surface area contributed by atoms with Crippen molar-refractivity contribution in [2.45, 2.75) is 31.3 Å². The maximum atomic E-state index is 11.3. The summed E-state index contributed by atoms with van der Waals surface area (Å²) >= 11 is 0. The number of hydrogen-bond acceptors (Lipinski definition) is 5. The second-order valence-corrected chi connectivity index (χ2v) is 5.29. The zero-order valence-corrected chi connectivity index (χ0v) is 12.0. The SMILES string of the molecule is CN(C)C1CCN(N(CCC(N)C(=O)O)C(=O)O)CC1. The van der Waals surface area contributed by atoms with Crippen LogP contribution in [0.4, 0.5) is 4.79 Å². The molecule has 0 aliphatic carbocycles. The van der Waals surface area contributed by atoms with Gasteiger partial charge in [0.05, 0.1) is 0 Å². The van der Waals surface area contributed by atoms with E-state index in [0.717, 1.165) is 12.8 Å². The topological polar surface area (TPSA) is 110 Å². The van der Waals surface area contributed by atoms with Crippen molar-refractivity contribution in [1.82, 2.24) is 14.9 Å². The Labute approximate surface area is 118 Å². The second kappa shape index (κ2) is 7.41. The van der Waals surface area contributed by atoms with Crippen LogP contribution in [0.25, 0.3) is 0 Å². The van der Waals surface area contributed by atoms with E-state index in [4.69, 9.17) is 10.8 Å². The molecular weight excluding hydrogens is 264 g/mol. The largest absolute Gasteiger partial charge is 0.480 e. The summed E-state index contributed by atoms with van der Waals surface area (Å²) < 4.78 is 0. The minimum Gasteiger partial charge on any atom is -0.480 e. The number of rotatable bonds is 6. The normalized spacial score (nSPS) is 19.0. The van der Waals surface area contributed by atoms with E-state index >= 15 is 0 Å². The highest BCUT2D eigenvalue weighted by Gasteiger charge is 2.28. The van der Waals surface area contributed by atoms with E-state index in [1.807, 2.05) is 14.1 Å². The predicted octanol–water partition coefficient (Wildman–Crippen LogP) is -0.291. The molecule has 1 fully saturated rings. The molecule has 20 heavy (non-hydrogen) atoms. The highest BCUT2D eigenvalue weighted by atomic mass is 16.4. The van der Waals surface area contributed by atoms with E-state index in [2.05, 4.69) is 4.90 Å². The summed E-state index contributed by atoms with van der Waals surface area (Å²) in [6, 6.07) is -0.570. The number of piperidine rings is 1. The van der Waals surface area contributed by atoms with Crippen LogP contribution in [0.15, 0.2) is 0 Å². The Morgan fingerprint density at radius 1 is 1.30 bits per heavy atom. The summed E-state index contributed by atoms with van der Waals surface area (Å²) in [4.78, 5) is 24.1. The van der Waals surface area contributed by atoms with E-state index in [-0.39, 0.29) is 13.0 Å². The Bertz CT molecular complexity index is 342. The zero-order valence-electron chi connectivity index (χ0n) is 12.0. The van der Waals surface area contributed by atoms with Crippen LogP contribution in [0.5, 0.6) is 0 Å². The molecule has 0 aromatic heterocycles. The fraction of sp³-hybridized carbons (Fsp3) is 0.833. The van der Waals surface area contributed by atoms with Gasteiger partial charge in [0.2, 0.25) is 0 Å². The van der Waals surface area contributed by atoms with E-state index in [9.17, 15) is 14.7 Å². The number of hydrazine groups is 1.